The van der Waals surface area contributed by atoms with Crippen LogP contribution in [0, 0.1) is 0 Å². The Morgan fingerprint density at radius 2 is 2.36 bits per heavy atom. The first kappa shape index (κ1) is 8.43. The molecule has 1 amide bonds. The van der Waals surface area contributed by atoms with E-state index < -0.39 is 0 Å². The van der Waals surface area contributed by atoms with Gasteiger partial charge in [-0.05, 0) is 13.0 Å². The van der Waals surface area contributed by atoms with Crippen LogP contribution in [0.3, 0.4) is 0 Å². The maximum absolute atomic E-state index is 11.3. The van der Waals surface area contributed by atoms with E-state index in [-0.39, 0.29) is 11.9 Å². The van der Waals surface area contributed by atoms with E-state index in [1.807, 2.05) is 6.08 Å². The normalized spacial score (nSPS) is 26.5. The Balaban J connectivity index is 2.47. The second-order valence-electron chi connectivity index (χ2n) is 2.97. The molecule has 2 atom stereocenters. The largest absolute Gasteiger partial charge is 0.328 e. The quantitative estimate of drug-likeness (QED) is 0.463. The van der Waals surface area contributed by atoms with E-state index in [1.54, 1.807) is 6.92 Å². The highest BCUT2D eigenvalue weighted by atomic mass is 16.2. The summed E-state index contributed by atoms with van der Waals surface area (Å²) >= 11 is 0. The summed E-state index contributed by atoms with van der Waals surface area (Å²) in [4.78, 5) is 12.3. The minimum Gasteiger partial charge on any atom is -0.317 e. The van der Waals surface area contributed by atoms with E-state index in [0.717, 1.165) is 24.4 Å². The summed E-state index contributed by atoms with van der Waals surface area (Å²) in [7, 11) is 0. The lowest BCUT2D eigenvalue weighted by molar-refractivity contribution is -0.815. The van der Waals surface area contributed by atoms with Crippen molar-refractivity contribution in [2.45, 2.75) is 19.4 Å². The Hall–Kier alpha value is -0.670. The number of hydrogen-bond donors (Lipinski definition) is 2. The van der Waals surface area contributed by atoms with Crippen molar-refractivity contribution in [2.75, 3.05) is 13.1 Å². The zero-order valence-corrected chi connectivity index (χ0v) is 6.84. The Labute approximate surface area is 66.9 Å². The zero-order valence-electron chi connectivity index (χ0n) is 6.84. The van der Waals surface area contributed by atoms with Gasteiger partial charge in [0.15, 0.2) is 0 Å². The molecule has 11 heavy (non-hydrogen) atoms. The van der Waals surface area contributed by atoms with E-state index in [2.05, 4.69) is 6.08 Å². The number of nitrogens with one attached hydrogen (secondary N) is 1. The first-order valence-corrected chi connectivity index (χ1v) is 4.01. The van der Waals surface area contributed by atoms with Gasteiger partial charge in [-0.3, -0.25) is 4.90 Å². The number of amides is 1. The molecule has 3 N–H and O–H groups in total. The summed E-state index contributed by atoms with van der Waals surface area (Å²) in [5.41, 5.74) is 5.47. The van der Waals surface area contributed by atoms with E-state index in [1.165, 1.54) is 0 Å². The highest BCUT2D eigenvalue weighted by Crippen LogP contribution is 1.83. The highest BCUT2D eigenvalue weighted by Gasteiger charge is 2.22. The van der Waals surface area contributed by atoms with Crippen molar-refractivity contribution in [2.24, 2.45) is 5.73 Å². The molecule has 0 aromatic heterocycles. The van der Waals surface area contributed by atoms with Crippen LogP contribution >= 0.6 is 0 Å². The van der Waals surface area contributed by atoms with Crippen LogP contribution < -0.4 is 10.6 Å². The van der Waals surface area contributed by atoms with Gasteiger partial charge < -0.3 is 5.73 Å². The third-order valence-electron chi connectivity index (χ3n) is 1.91. The molecule has 0 saturated heterocycles. The van der Waals surface area contributed by atoms with Crippen molar-refractivity contribution in [3.05, 3.63) is 12.2 Å². The van der Waals surface area contributed by atoms with Gasteiger partial charge in [0.25, 0.3) is 0 Å². The summed E-state index contributed by atoms with van der Waals surface area (Å²) < 4.78 is 0. The number of carbonyl (C=O) groups is 1. The van der Waals surface area contributed by atoms with E-state index in [4.69, 9.17) is 5.73 Å². The van der Waals surface area contributed by atoms with Crippen molar-refractivity contribution in [1.82, 2.24) is 0 Å². The second kappa shape index (κ2) is 3.64. The van der Waals surface area contributed by atoms with Crippen LogP contribution in [0.25, 0.3) is 0 Å². The molecule has 0 aliphatic carbocycles. The van der Waals surface area contributed by atoms with Crippen molar-refractivity contribution in [3.63, 3.8) is 0 Å². The number of hydrogen-bond acceptors (Lipinski definition) is 2. The van der Waals surface area contributed by atoms with Crippen LogP contribution in [-0.2, 0) is 4.79 Å². The monoisotopic (exact) mass is 155 g/mol. The zero-order chi connectivity index (χ0) is 8.27. The van der Waals surface area contributed by atoms with Crippen molar-refractivity contribution < 1.29 is 9.69 Å². The van der Waals surface area contributed by atoms with Crippen LogP contribution in [0.15, 0.2) is 12.2 Å². The maximum atomic E-state index is 11.3. The smallest absolute Gasteiger partial charge is 0.317 e. The number of rotatable bonds is 1. The lowest BCUT2D eigenvalue weighted by Gasteiger charge is -2.18. The summed E-state index contributed by atoms with van der Waals surface area (Å²) in [5.74, 6) is 0.134. The topological polar surface area (TPSA) is 47.5 Å². The van der Waals surface area contributed by atoms with Gasteiger partial charge >= 0.3 is 5.91 Å². The van der Waals surface area contributed by atoms with Crippen molar-refractivity contribution in [3.8, 4) is 0 Å². The molecular formula is C8H15N2O+. The fraction of sp³-hybridized carbons (Fsp3) is 0.625. The van der Waals surface area contributed by atoms with Crippen molar-refractivity contribution in [1.29, 1.82) is 0 Å². The lowest BCUT2D eigenvalue weighted by Crippen LogP contribution is -3.16. The molecule has 0 spiro atoms. The molecule has 3 heteroatoms. The molecule has 1 aliphatic rings. The second-order valence-corrected chi connectivity index (χ2v) is 2.97. The Kier molecular flexibility index (Phi) is 2.79. The average molecular weight is 155 g/mol. The van der Waals surface area contributed by atoms with E-state index in [0.29, 0.717) is 0 Å². The molecular weight excluding hydrogens is 140 g/mol. The summed E-state index contributed by atoms with van der Waals surface area (Å²) in [6.07, 6.45) is 5.14. The Morgan fingerprint density at radius 1 is 1.64 bits per heavy atom. The molecule has 0 fully saturated rings. The Morgan fingerprint density at radius 3 is 2.82 bits per heavy atom. The summed E-state index contributed by atoms with van der Waals surface area (Å²) in [6.45, 7) is 3.45. The molecule has 3 nitrogen and oxygen atoms in total. The SMILES string of the molecule is CC(N)C(=O)[NH+]1CC=CCC1. The molecule has 0 aromatic carbocycles. The van der Waals surface area contributed by atoms with Crippen LogP contribution in [0.2, 0.25) is 0 Å². The maximum Gasteiger partial charge on any atom is 0.328 e. The van der Waals surface area contributed by atoms with Gasteiger partial charge in [-0.25, -0.2) is 4.79 Å². The third-order valence-corrected chi connectivity index (χ3v) is 1.91. The molecule has 0 aromatic rings. The number of nitrogens with two attached hydrogens (primary N) is 1. The Bertz CT molecular complexity index is 175. The minimum absolute atomic E-state index is 0.134. The van der Waals surface area contributed by atoms with Gasteiger partial charge in [0.1, 0.15) is 12.6 Å². The van der Waals surface area contributed by atoms with Crippen LogP contribution in [0.1, 0.15) is 13.3 Å². The predicted molar refractivity (Wildman–Crippen MR) is 43.1 cm³/mol. The molecule has 1 rings (SSSR count). The molecule has 62 valence electrons. The van der Waals surface area contributed by atoms with E-state index in [9.17, 15) is 4.79 Å². The molecule has 1 aliphatic heterocycles. The molecule has 0 bridgehead atoms. The molecule has 0 saturated carbocycles. The minimum atomic E-state index is -0.323. The standard InChI is InChI=1S/C8H14N2O/c1-7(9)8(11)10-5-3-2-4-6-10/h2-3,7H,4-6,9H2,1H3/p+1. The van der Waals surface area contributed by atoms with Crippen molar-refractivity contribution >= 4 is 5.91 Å². The van der Waals surface area contributed by atoms with Crippen LogP contribution in [0.4, 0.5) is 0 Å². The summed E-state index contributed by atoms with van der Waals surface area (Å²) in [6, 6.07) is -0.323. The lowest BCUT2D eigenvalue weighted by atomic mass is 10.2. The first-order chi connectivity index (χ1) is 5.22. The van der Waals surface area contributed by atoms with Crippen LogP contribution in [-0.4, -0.2) is 25.0 Å². The summed E-state index contributed by atoms with van der Waals surface area (Å²) in [5, 5.41) is 0. The number of quaternary nitrogens is 1. The average Bonchev–Trinajstić information content (AvgIpc) is 2.05. The fourth-order valence-electron chi connectivity index (χ4n) is 1.25. The molecule has 1 heterocycles. The van der Waals surface area contributed by atoms with Crippen LogP contribution in [0.5, 0.6) is 0 Å². The fourth-order valence-corrected chi connectivity index (χ4v) is 1.25. The van der Waals surface area contributed by atoms with Gasteiger partial charge in [0.2, 0.25) is 0 Å². The van der Waals surface area contributed by atoms with Gasteiger partial charge in [-0.1, -0.05) is 6.08 Å². The highest BCUT2D eigenvalue weighted by molar-refractivity contribution is 5.72. The molecule has 0 radical (unpaired) electrons. The van der Waals surface area contributed by atoms with Gasteiger partial charge in [-0.2, -0.15) is 0 Å². The predicted octanol–water partition coefficient (Wildman–Crippen LogP) is -1.29. The number of carbonyl (C=O) groups excluding carboxylic acids is 1. The van der Waals surface area contributed by atoms with Gasteiger partial charge in [0.05, 0.1) is 6.54 Å². The van der Waals surface area contributed by atoms with Gasteiger partial charge in [0, 0.05) is 6.42 Å². The van der Waals surface area contributed by atoms with E-state index >= 15 is 0 Å². The first-order valence-electron chi connectivity index (χ1n) is 4.01. The van der Waals surface area contributed by atoms with Gasteiger partial charge in [-0.15, -0.1) is 0 Å². The molecule has 2 unspecified atom stereocenters. The third kappa shape index (κ3) is 2.13.